The number of ether oxygens (including phenoxy) is 1. The number of esters is 1. The molecule has 1 aliphatic carbocycles. The van der Waals surface area contributed by atoms with Crippen LogP contribution in [-0.4, -0.2) is 47.4 Å². The van der Waals surface area contributed by atoms with E-state index in [4.69, 9.17) is 9.39 Å². The molecule has 2 aliphatic rings. The van der Waals surface area contributed by atoms with E-state index in [1.165, 1.54) is 0 Å². The zero-order valence-electron chi connectivity index (χ0n) is 17.4. The van der Waals surface area contributed by atoms with E-state index in [0.717, 1.165) is 24.8 Å². The summed E-state index contributed by atoms with van der Waals surface area (Å²) in [6.07, 6.45) is 4.17. The van der Waals surface area contributed by atoms with E-state index in [0.29, 0.717) is 36.0 Å². The van der Waals surface area contributed by atoms with Gasteiger partial charge >= 0.3 is 13.1 Å². The maximum absolute atomic E-state index is 12.9. The van der Waals surface area contributed by atoms with Gasteiger partial charge in [0.2, 0.25) is 0 Å². The van der Waals surface area contributed by atoms with Crippen molar-refractivity contribution in [1.29, 1.82) is 0 Å². The number of aliphatic hydroxyl groups is 1. The van der Waals surface area contributed by atoms with E-state index in [9.17, 15) is 19.7 Å². The molecular formula is C21H30BNO6. The van der Waals surface area contributed by atoms with Crippen LogP contribution < -0.4 is 10.8 Å². The Hall–Kier alpha value is -1.90. The lowest BCUT2D eigenvalue weighted by atomic mass is 9.75. The van der Waals surface area contributed by atoms with E-state index in [1.807, 2.05) is 13.8 Å². The molecule has 1 heterocycles. The van der Waals surface area contributed by atoms with Gasteiger partial charge in [0.1, 0.15) is 12.6 Å². The van der Waals surface area contributed by atoms with Crippen LogP contribution in [0.2, 0.25) is 0 Å². The molecule has 1 aromatic carbocycles. The standard InChI is InChI=1S/C21H30BNO6/c1-13(2)18(20(25)28-12-21(26)9-5-4-6-10-21)23-19(24)16-8-7-15-11-29-22(27)17(15)14(16)3/h7-8,13,18,26-27H,4-6,9-12H2,1-3H3,(H,23,24). The molecule has 1 aromatic rings. The van der Waals surface area contributed by atoms with Gasteiger partial charge in [-0.1, -0.05) is 39.2 Å². The number of hydrogen-bond acceptors (Lipinski definition) is 6. The summed E-state index contributed by atoms with van der Waals surface area (Å²) in [5, 5.41) is 23.3. The zero-order valence-corrected chi connectivity index (χ0v) is 17.4. The first-order valence-electron chi connectivity index (χ1n) is 10.3. The van der Waals surface area contributed by atoms with Crippen molar-refractivity contribution in [2.45, 2.75) is 71.1 Å². The molecule has 29 heavy (non-hydrogen) atoms. The molecule has 3 rings (SSSR count). The smallest absolute Gasteiger partial charge is 0.461 e. The van der Waals surface area contributed by atoms with Gasteiger partial charge in [0.15, 0.2) is 0 Å². The second-order valence-corrected chi connectivity index (χ2v) is 8.56. The minimum atomic E-state index is -1.04. The Balaban J connectivity index is 1.68. The van der Waals surface area contributed by atoms with Crippen molar-refractivity contribution in [1.82, 2.24) is 5.32 Å². The fourth-order valence-electron chi connectivity index (χ4n) is 4.12. The fraction of sp³-hybridized carbons (Fsp3) is 0.619. The molecule has 8 heteroatoms. The Bertz CT molecular complexity index is 775. The van der Waals surface area contributed by atoms with E-state index in [2.05, 4.69) is 5.32 Å². The van der Waals surface area contributed by atoms with Gasteiger partial charge in [0, 0.05) is 5.56 Å². The number of carbonyl (C=O) groups excluding carboxylic acids is 2. The molecule has 0 aromatic heterocycles. The topological polar surface area (TPSA) is 105 Å². The van der Waals surface area contributed by atoms with Crippen molar-refractivity contribution >= 4 is 24.5 Å². The molecule has 0 saturated heterocycles. The summed E-state index contributed by atoms with van der Waals surface area (Å²) < 4.78 is 10.6. The largest absolute Gasteiger partial charge is 0.492 e. The number of fused-ring (bicyclic) bond motifs is 1. The van der Waals surface area contributed by atoms with Crippen LogP contribution in [0, 0.1) is 12.8 Å². The molecule has 0 bridgehead atoms. The minimum absolute atomic E-state index is 0.0493. The summed E-state index contributed by atoms with van der Waals surface area (Å²) in [4.78, 5) is 25.5. The molecule has 3 N–H and O–H groups in total. The first-order chi connectivity index (χ1) is 13.7. The van der Waals surface area contributed by atoms with E-state index >= 15 is 0 Å². The summed E-state index contributed by atoms with van der Waals surface area (Å²) in [5.41, 5.74) is 1.52. The highest BCUT2D eigenvalue weighted by Gasteiger charge is 2.35. The molecule has 7 nitrogen and oxygen atoms in total. The number of rotatable bonds is 6. The monoisotopic (exact) mass is 403 g/mol. The van der Waals surface area contributed by atoms with Gasteiger partial charge in [0.25, 0.3) is 5.91 Å². The molecule has 1 unspecified atom stereocenters. The Morgan fingerprint density at radius 3 is 2.62 bits per heavy atom. The Labute approximate surface area is 171 Å². The maximum atomic E-state index is 12.9. The van der Waals surface area contributed by atoms with Crippen molar-refractivity contribution in [3.8, 4) is 0 Å². The van der Waals surface area contributed by atoms with Crippen LogP contribution in [0.1, 0.15) is 67.4 Å². The van der Waals surface area contributed by atoms with Crippen LogP contribution in [0.15, 0.2) is 12.1 Å². The van der Waals surface area contributed by atoms with Gasteiger partial charge in [-0.05, 0) is 48.3 Å². The number of benzene rings is 1. The second kappa shape index (κ2) is 8.85. The fourth-order valence-corrected chi connectivity index (χ4v) is 4.12. The second-order valence-electron chi connectivity index (χ2n) is 8.56. The minimum Gasteiger partial charge on any atom is -0.461 e. The lowest BCUT2D eigenvalue weighted by molar-refractivity contribution is -0.156. The molecule has 0 spiro atoms. The highest BCUT2D eigenvalue weighted by atomic mass is 16.5. The normalized spacial score (nSPS) is 19.0. The molecule has 1 amide bonds. The first kappa shape index (κ1) is 21.8. The predicted octanol–water partition coefficient (Wildman–Crippen LogP) is 1.21. The number of hydrogen-bond donors (Lipinski definition) is 3. The Morgan fingerprint density at radius 1 is 1.28 bits per heavy atom. The van der Waals surface area contributed by atoms with Gasteiger partial charge in [-0.3, -0.25) is 4.79 Å². The summed E-state index contributed by atoms with van der Waals surface area (Å²) in [5.74, 6) is -1.14. The molecule has 158 valence electrons. The highest BCUT2D eigenvalue weighted by Crippen LogP contribution is 2.28. The third kappa shape index (κ3) is 4.82. The molecule has 1 atom stereocenters. The first-order valence-corrected chi connectivity index (χ1v) is 10.3. The van der Waals surface area contributed by atoms with Crippen LogP contribution in [0.4, 0.5) is 0 Å². The average Bonchev–Trinajstić information content (AvgIpc) is 3.06. The van der Waals surface area contributed by atoms with Crippen LogP contribution in [-0.2, 0) is 20.8 Å². The SMILES string of the molecule is Cc1c(C(=O)NC(C(=O)OCC2(O)CCCCC2)C(C)C)ccc2c1B(O)OC2. The maximum Gasteiger partial charge on any atom is 0.492 e. The lowest BCUT2D eigenvalue weighted by Gasteiger charge is -2.32. The third-order valence-electron chi connectivity index (χ3n) is 5.97. The summed E-state index contributed by atoms with van der Waals surface area (Å²) in [7, 11) is -1.04. The van der Waals surface area contributed by atoms with Crippen LogP contribution in [0.25, 0.3) is 0 Å². The highest BCUT2D eigenvalue weighted by molar-refractivity contribution is 6.62. The van der Waals surface area contributed by atoms with Crippen LogP contribution >= 0.6 is 0 Å². The predicted molar refractivity (Wildman–Crippen MR) is 109 cm³/mol. The van der Waals surface area contributed by atoms with Gasteiger partial charge in [-0.15, -0.1) is 0 Å². The van der Waals surface area contributed by atoms with E-state index in [1.54, 1.807) is 19.1 Å². The molecule has 1 aliphatic heterocycles. The average molecular weight is 403 g/mol. The zero-order chi connectivity index (χ0) is 21.2. The summed E-state index contributed by atoms with van der Waals surface area (Å²) >= 11 is 0. The van der Waals surface area contributed by atoms with E-state index in [-0.39, 0.29) is 12.5 Å². The van der Waals surface area contributed by atoms with Crippen molar-refractivity contribution in [2.24, 2.45) is 5.92 Å². The molecule has 1 fully saturated rings. The molecule has 1 saturated carbocycles. The molecular weight excluding hydrogens is 373 g/mol. The molecule has 0 radical (unpaired) electrons. The van der Waals surface area contributed by atoms with Gasteiger partial charge in [0.05, 0.1) is 12.2 Å². The number of carbonyl (C=O) groups is 2. The van der Waals surface area contributed by atoms with Crippen molar-refractivity contribution in [3.05, 3.63) is 28.8 Å². The quantitative estimate of drug-likeness (QED) is 0.487. The van der Waals surface area contributed by atoms with Crippen LogP contribution in [0.3, 0.4) is 0 Å². The number of amides is 1. The van der Waals surface area contributed by atoms with E-state index < -0.39 is 30.6 Å². The number of nitrogens with one attached hydrogen (secondary N) is 1. The van der Waals surface area contributed by atoms with Crippen molar-refractivity contribution < 1.29 is 29.1 Å². The van der Waals surface area contributed by atoms with Crippen molar-refractivity contribution in [3.63, 3.8) is 0 Å². The van der Waals surface area contributed by atoms with Gasteiger partial charge in [-0.25, -0.2) is 4.79 Å². The third-order valence-corrected chi connectivity index (χ3v) is 5.97. The summed E-state index contributed by atoms with van der Waals surface area (Å²) in [6, 6.07) is 2.61. The van der Waals surface area contributed by atoms with Crippen LogP contribution in [0.5, 0.6) is 0 Å². The lowest BCUT2D eigenvalue weighted by Crippen LogP contribution is -2.47. The Kier molecular flexibility index (Phi) is 6.66. The Morgan fingerprint density at radius 2 is 1.97 bits per heavy atom. The van der Waals surface area contributed by atoms with Crippen molar-refractivity contribution in [2.75, 3.05) is 6.61 Å². The van der Waals surface area contributed by atoms with Gasteiger partial charge < -0.3 is 24.8 Å². The van der Waals surface area contributed by atoms with Gasteiger partial charge in [-0.2, -0.15) is 0 Å². The summed E-state index contributed by atoms with van der Waals surface area (Å²) in [6.45, 7) is 5.67.